The van der Waals surface area contributed by atoms with Gasteiger partial charge in [-0.3, -0.25) is 14.3 Å². The molecule has 1 atom stereocenters. The number of halogens is 11. The molecular formula is C23H22BrClF9N3O4. The van der Waals surface area contributed by atoms with E-state index in [0.29, 0.717) is 15.9 Å². The summed E-state index contributed by atoms with van der Waals surface area (Å²) in [6.45, 7) is 2.70. The Morgan fingerprint density at radius 1 is 1.07 bits per heavy atom. The minimum Gasteiger partial charge on any atom is -0.464 e. The van der Waals surface area contributed by atoms with Crippen LogP contribution in [0.15, 0.2) is 21.4 Å². The number of rotatable bonds is 10. The van der Waals surface area contributed by atoms with Gasteiger partial charge in [0.2, 0.25) is 5.95 Å². The van der Waals surface area contributed by atoms with Gasteiger partial charge >= 0.3 is 24.5 Å². The van der Waals surface area contributed by atoms with E-state index in [2.05, 4.69) is 25.7 Å². The summed E-state index contributed by atoms with van der Waals surface area (Å²) in [7, 11) is 0. The normalized spacial score (nSPS) is 13.3. The maximum atomic E-state index is 13.8. The minimum atomic E-state index is -5.37. The van der Waals surface area contributed by atoms with Gasteiger partial charge in [-0.05, 0) is 48.3 Å². The lowest BCUT2D eigenvalue weighted by atomic mass is 10.1. The number of anilines is 2. The maximum Gasteiger partial charge on any atom is 0.435 e. The molecule has 0 spiro atoms. The quantitative estimate of drug-likeness (QED) is 0.146. The molecule has 0 aliphatic heterocycles. The molecule has 1 heterocycles. The Morgan fingerprint density at radius 3 is 2.17 bits per heavy atom. The minimum absolute atomic E-state index is 0.112. The lowest BCUT2D eigenvalue weighted by molar-refractivity contribution is -0.150. The molecule has 0 aliphatic carbocycles. The molecule has 0 bridgehead atoms. The molecule has 0 saturated heterocycles. The first-order chi connectivity index (χ1) is 18.7. The largest absolute Gasteiger partial charge is 0.464 e. The Morgan fingerprint density at radius 2 is 1.68 bits per heavy atom. The summed E-state index contributed by atoms with van der Waals surface area (Å²) in [5.41, 5.74) is -8.07. The molecule has 0 fully saturated rings. The third-order valence-electron chi connectivity index (χ3n) is 5.37. The number of unbranched alkanes of at least 4 members (excludes halogenated alkanes) is 1. The van der Waals surface area contributed by atoms with E-state index < -0.39 is 80.8 Å². The Kier molecular flexibility index (Phi) is 11.2. The molecule has 0 amide bonds. The van der Waals surface area contributed by atoms with Crippen molar-refractivity contribution in [1.82, 2.24) is 9.55 Å². The van der Waals surface area contributed by atoms with E-state index in [0.717, 1.165) is 6.92 Å². The fourth-order valence-electron chi connectivity index (χ4n) is 3.50. The van der Waals surface area contributed by atoms with Crippen LogP contribution in [-0.4, -0.2) is 35.0 Å². The molecule has 2 aromatic rings. The number of alkyl halides is 9. The Labute approximate surface area is 240 Å². The number of aromatic nitrogens is 2. The smallest absolute Gasteiger partial charge is 0.435 e. The molecule has 18 heteroatoms. The van der Waals surface area contributed by atoms with E-state index in [9.17, 15) is 49.1 Å². The van der Waals surface area contributed by atoms with Gasteiger partial charge in [0.05, 0.1) is 27.9 Å². The number of carbonyl (C=O) groups is 1. The summed E-state index contributed by atoms with van der Waals surface area (Å²) >= 11 is 8.29. The monoisotopic (exact) mass is 689 g/mol. The van der Waals surface area contributed by atoms with Gasteiger partial charge in [0.15, 0.2) is 5.69 Å². The fraction of sp³-hybridized carbons (Fsp3) is 0.522. The summed E-state index contributed by atoms with van der Waals surface area (Å²) in [6, 6.07) is 0.0121. The third-order valence-corrected chi connectivity index (χ3v) is 6.54. The SMILES string of the molecule is CCCCn1c(N(c2cc(C(F)(F)F)cc(C(F)(F)F)c2Br)C(C)OCC(=O)OCC)nc(C(F)(F)F)c(Cl)c1=O. The highest BCUT2D eigenvalue weighted by atomic mass is 79.9. The van der Waals surface area contributed by atoms with Crippen molar-refractivity contribution in [1.29, 1.82) is 0 Å². The molecule has 2 rings (SSSR count). The predicted molar refractivity (Wildman–Crippen MR) is 132 cm³/mol. The van der Waals surface area contributed by atoms with Crippen molar-refractivity contribution in [2.75, 3.05) is 18.1 Å². The summed E-state index contributed by atoms with van der Waals surface area (Å²) in [4.78, 5) is 28.7. The molecule has 0 N–H and O–H groups in total. The maximum absolute atomic E-state index is 13.8. The molecule has 0 saturated carbocycles. The molecule has 41 heavy (non-hydrogen) atoms. The third kappa shape index (κ3) is 8.28. The van der Waals surface area contributed by atoms with Gasteiger partial charge in [-0.25, -0.2) is 9.78 Å². The van der Waals surface area contributed by atoms with Crippen molar-refractivity contribution in [3.63, 3.8) is 0 Å². The number of benzene rings is 1. The van der Waals surface area contributed by atoms with Crippen LogP contribution in [0.3, 0.4) is 0 Å². The number of esters is 1. The van der Waals surface area contributed by atoms with Crippen molar-refractivity contribution in [2.24, 2.45) is 0 Å². The lowest BCUT2D eigenvalue weighted by Gasteiger charge is -2.34. The van der Waals surface area contributed by atoms with Gasteiger partial charge in [-0.2, -0.15) is 39.5 Å². The van der Waals surface area contributed by atoms with Crippen LogP contribution in [0, 0.1) is 0 Å². The molecule has 1 aromatic carbocycles. The summed E-state index contributed by atoms with van der Waals surface area (Å²) in [5, 5.41) is -1.36. The van der Waals surface area contributed by atoms with Crippen molar-refractivity contribution >= 4 is 45.1 Å². The van der Waals surface area contributed by atoms with Gasteiger partial charge in [-0.1, -0.05) is 24.9 Å². The molecule has 230 valence electrons. The molecule has 0 aliphatic rings. The average Bonchev–Trinajstić information content (AvgIpc) is 2.83. The zero-order valence-corrected chi connectivity index (χ0v) is 23.7. The van der Waals surface area contributed by atoms with E-state index >= 15 is 0 Å². The highest BCUT2D eigenvalue weighted by molar-refractivity contribution is 9.10. The number of hydrogen-bond acceptors (Lipinski definition) is 6. The van der Waals surface area contributed by atoms with Gasteiger partial charge in [0, 0.05) is 6.54 Å². The first-order valence-electron chi connectivity index (χ1n) is 11.7. The predicted octanol–water partition coefficient (Wildman–Crippen LogP) is 7.58. The van der Waals surface area contributed by atoms with Crippen LogP contribution in [0.4, 0.5) is 51.1 Å². The van der Waals surface area contributed by atoms with Crippen molar-refractivity contribution in [2.45, 2.75) is 64.9 Å². The van der Waals surface area contributed by atoms with Gasteiger partial charge in [0.1, 0.15) is 17.9 Å². The van der Waals surface area contributed by atoms with Crippen LogP contribution in [0.1, 0.15) is 50.4 Å². The van der Waals surface area contributed by atoms with Crippen LogP contribution in [0.5, 0.6) is 0 Å². The second-order valence-electron chi connectivity index (χ2n) is 8.32. The molecule has 7 nitrogen and oxygen atoms in total. The summed E-state index contributed by atoms with van der Waals surface area (Å²) in [6.07, 6.45) is -17.4. The molecule has 1 unspecified atom stereocenters. The van der Waals surface area contributed by atoms with Crippen LogP contribution in [-0.2, 0) is 39.3 Å². The highest BCUT2D eigenvalue weighted by Gasteiger charge is 2.43. The first kappa shape index (κ1) is 34.7. The van der Waals surface area contributed by atoms with Crippen molar-refractivity contribution < 1.29 is 53.8 Å². The van der Waals surface area contributed by atoms with Crippen molar-refractivity contribution in [3.05, 3.63) is 48.8 Å². The first-order valence-corrected chi connectivity index (χ1v) is 12.8. The van der Waals surface area contributed by atoms with Crippen LogP contribution in [0.25, 0.3) is 0 Å². The molecular weight excluding hydrogens is 669 g/mol. The van der Waals surface area contributed by atoms with Gasteiger partial charge in [-0.15, -0.1) is 0 Å². The topological polar surface area (TPSA) is 73.7 Å². The molecule has 0 radical (unpaired) electrons. The zero-order valence-electron chi connectivity index (χ0n) is 21.4. The van der Waals surface area contributed by atoms with Crippen LogP contribution >= 0.6 is 27.5 Å². The molecule has 1 aromatic heterocycles. The number of ether oxygens (including phenoxy) is 2. The number of nitrogens with zero attached hydrogens (tertiary/aromatic N) is 3. The van der Waals surface area contributed by atoms with Crippen LogP contribution < -0.4 is 10.5 Å². The second kappa shape index (κ2) is 13.2. The van der Waals surface area contributed by atoms with Crippen molar-refractivity contribution in [3.8, 4) is 0 Å². The van der Waals surface area contributed by atoms with E-state index in [-0.39, 0.29) is 31.7 Å². The van der Waals surface area contributed by atoms with E-state index in [1.54, 1.807) is 6.92 Å². The van der Waals surface area contributed by atoms with Gasteiger partial charge in [0.25, 0.3) is 5.56 Å². The van der Waals surface area contributed by atoms with E-state index in [4.69, 9.17) is 16.3 Å². The Balaban J connectivity index is 3.06. The lowest BCUT2D eigenvalue weighted by Crippen LogP contribution is -2.40. The zero-order chi connectivity index (χ0) is 31.5. The summed E-state index contributed by atoms with van der Waals surface area (Å²) < 4.78 is 134. The number of carbonyl (C=O) groups excluding carboxylic acids is 1. The summed E-state index contributed by atoms with van der Waals surface area (Å²) in [5.74, 6) is -2.04. The standard InChI is InChI=1S/C23H22BrClF9N3O4/c1-4-6-7-36-19(39)17(25)18(23(32,33)34)35-20(36)37(11(3)41-10-15(38)40-5-2)14-9-12(21(26,27)28)8-13(16(14)24)22(29,30)31/h8-9,11H,4-7,10H2,1-3H3. The Hall–Kier alpha value is -2.53. The van der Waals surface area contributed by atoms with E-state index in [1.807, 2.05) is 0 Å². The Bertz CT molecular complexity index is 1310. The fourth-order valence-corrected chi connectivity index (χ4v) is 4.39. The highest BCUT2D eigenvalue weighted by Crippen LogP contribution is 2.46. The van der Waals surface area contributed by atoms with Gasteiger partial charge < -0.3 is 9.47 Å². The average molecular weight is 691 g/mol. The second-order valence-corrected chi connectivity index (χ2v) is 9.49. The van der Waals surface area contributed by atoms with E-state index in [1.165, 1.54) is 6.92 Å². The van der Waals surface area contributed by atoms with Crippen LogP contribution in [0.2, 0.25) is 5.02 Å². The number of hydrogen-bond donors (Lipinski definition) is 0.